The van der Waals surface area contributed by atoms with Gasteiger partial charge >= 0.3 is 0 Å². The van der Waals surface area contributed by atoms with E-state index < -0.39 is 5.60 Å². The molecule has 1 aromatic rings. The molecule has 1 heterocycles. The molecule has 0 spiro atoms. The van der Waals surface area contributed by atoms with Crippen molar-refractivity contribution in [2.45, 2.75) is 31.4 Å². The Balaban J connectivity index is 2.12. The number of nitrogens with zero attached hydrogens (tertiary/aromatic N) is 2. The van der Waals surface area contributed by atoms with Crippen LogP contribution in [0.15, 0.2) is 12.4 Å². The topological polar surface area (TPSA) is 67.3 Å². The van der Waals surface area contributed by atoms with Crippen molar-refractivity contribution in [2.75, 3.05) is 13.7 Å². The summed E-state index contributed by atoms with van der Waals surface area (Å²) in [5.41, 5.74) is -0.576. The lowest BCUT2D eigenvalue weighted by Gasteiger charge is -2.24. The summed E-state index contributed by atoms with van der Waals surface area (Å²) < 4.78 is 5.09. The first-order chi connectivity index (χ1) is 7.63. The van der Waals surface area contributed by atoms with Gasteiger partial charge < -0.3 is 15.2 Å². The molecule has 0 aromatic carbocycles. The number of aliphatic hydroxyl groups is 1. The Morgan fingerprint density at radius 3 is 2.81 bits per heavy atom. The Kier molecular flexibility index (Phi) is 3.07. The number of hydrogen-bond acceptors (Lipinski definition) is 5. The van der Waals surface area contributed by atoms with Crippen molar-refractivity contribution in [1.29, 1.82) is 0 Å². The van der Waals surface area contributed by atoms with Crippen molar-refractivity contribution in [3.8, 4) is 5.88 Å². The third-order valence-electron chi connectivity index (χ3n) is 2.68. The minimum Gasteiger partial charge on any atom is -0.480 e. The number of ether oxygens (including phenoxy) is 1. The van der Waals surface area contributed by atoms with Crippen LogP contribution in [-0.2, 0) is 5.60 Å². The van der Waals surface area contributed by atoms with Crippen molar-refractivity contribution in [2.24, 2.45) is 0 Å². The fraction of sp³-hybridized carbons (Fsp3) is 0.636. The van der Waals surface area contributed by atoms with Crippen LogP contribution in [0.5, 0.6) is 5.88 Å². The maximum absolute atomic E-state index is 10.3. The molecule has 2 rings (SSSR count). The summed E-state index contributed by atoms with van der Waals surface area (Å²) in [5, 5.41) is 13.6. The zero-order valence-corrected chi connectivity index (χ0v) is 9.60. The SMILES string of the molecule is COc1nccnc1C(C)(O)CNC1CC1. The fourth-order valence-corrected chi connectivity index (χ4v) is 1.56. The molecule has 1 aromatic heterocycles. The summed E-state index contributed by atoms with van der Waals surface area (Å²) in [6.07, 6.45) is 5.48. The van der Waals surface area contributed by atoms with E-state index in [9.17, 15) is 5.11 Å². The lowest BCUT2D eigenvalue weighted by molar-refractivity contribution is 0.0486. The molecule has 0 bridgehead atoms. The Labute approximate surface area is 94.9 Å². The van der Waals surface area contributed by atoms with E-state index in [2.05, 4.69) is 15.3 Å². The average molecular weight is 223 g/mol. The molecule has 0 saturated heterocycles. The second-order valence-electron chi connectivity index (χ2n) is 4.34. The molecule has 5 heteroatoms. The van der Waals surface area contributed by atoms with E-state index in [4.69, 9.17) is 4.74 Å². The predicted molar refractivity (Wildman–Crippen MR) is 59.2 cm³/mol. The maximum Gasteiger partial charge on any atom is 0.238 e. The molecule has 2 N–H and O–H groups in total. The van der Waals surface area contributed by atoms with Crippen LogP contribution in [0.1, 0.15) is 25.5 Å². The van der Waals surface area contributed by atoms with Gasteiger partial charge in [0.1, 0.15) is 11.3 Å². The van der Waals surface area contributed by atoms with Crippen LogP contribution in [0.4, 0.5) is 0 Å². The Hall–Kier alpha value is -1.20. The minimum absolute atomic E-state index is 0.380. The molecule has 1 saturated carbocycles. The summed E-state index contributed by atoms with van der Waals surface area (Å²) in [5.74, 6) is 0.380. The molecule has 1 unspecified atom stereocenters. The van der Waals surface area contributed by atoms with Crippen LogP contribution in [-0.4, -0.2) is 34.8 Å². The van der Waals surface area contributed by atoms with Gasteiger partial charge in [-0.25, -0.2) is 4.98 Å². The van der Waals surface area contributed by atoms with Crippen LogP contribution in [0.3, 0.4) is 0 Å². The maximum atomic E-state index is 10.3. The first kappa shape index (κ1) is 11.3. The highest BCUT2D eigenvalue weighted by atomic mass is 16.5. The monoisotopic (exact) mass is 223 g/mol. The molecule has 1 aliphatic rings. The number of aromatic nitrogens is 2. The summed E-state index contributed by atoms with van der Waals surface area (Å²) in [6.45, 7) is 2.18. The zero-order chi connectivity index (χ0) is 11.6. The normalized spacial score (nSPS) is 19.2. The largest absolute Gasteiger partial charge is 0.480 e. The van der Waals surface area contributed by atoms with E-state index in [1.54, 1.807) is 19.3 Å². The summed E-state index contributed by atoms with van der Waals surface area (Å²) >= 11 is 0. The molecular weight excluding hydrogens is 206 g/mol. The van der Waals surface area contributed by atoms with Gasteiger partial charge in [-0.05, 0) is 19.8 Å². The smallest absolute Gasteiger partial charge is 0.238 e. The third kappa shape index (κ3) is 2.48. The molecule has 16 heavy (non-hydrogen) atoms. The van der Waals surface area contributed by atoms with E-state index in [1.165, 1.54) is 20.0 Å². The van der Waals surface area contributed by atoms with Gasteiger partial charge in [0.2, 0.25) is 5.88 Å². The van der Waals surface area contributed by atoms with Gasteiger partial charge in [0, 0.05) is 25.0 Å². The van der Waals surface area contributed by atoms with Crippen molar-refractivity contribution < 1.29 is 9.84 Å². The second-order valence-corrected chi connectivity index (χ2v) is 4.34. The standard InChI is InChI=1S/C11H17N3O2/c1-11(15,7-14-8-3-4-8)9-10(16-2)13-6-5-12-9/h5-6,8,14-15H,3-4,7H2,1-2H3. The Morgan fingerprint density at radius 1 is 1.50 bits per heavy atom. The van der Waals surface area contributed by atoms with Crippen LogP contribution >= 0.6 is 0 Å². The number of rotatable bonds is 5. The van der Waals surface area contributed by atoms with Crippen molar-refractivity contribution in [3.63, 3.8) is 0 Å². The van der Waals surface area contributed by atoms with Gasteiger partial charge in [0.05, 0.1) is 7.11 Å². The van der Waals surface area contributed by atoms with Crippen LogP contribution in [0, 0.1) is 0 Å². The lowest BCUT2D eigenvalue weighted by atomic mass is 10.0. The van der Waals surface area contributed by atoms with Crippen molar-refractivity contribution >= 4 is 0 Å². The van der Waals surface area contributed by atoms with Gasteiger partial charge in [0.15, 0.2) is 0 Å². The molecule has 0 amide bonds. The van der Waals surface area contributed by atoms with E-state index in [0.29, 0.717) is 24.2 Å². The number of hydrogen-bond donors (Lipinski definition) is 2. The first-order valence-electron chi connectivity index (χ1n) is 5.45. The Bertz CT molecular complexity index is 364. The number of nitrogens with one attached hydrogen (secondary N) is 1. The summed E-state index contributed by atoms with van der Waals surface area (Å²) in [4.78, 5) is 8.18. The Morgan fingerprint density at radius 2 is 2.19 bits per heavy atom. The highest BCUT2D eigenvalue weighted by molar-refractivity contribution is 5.24. The van der Waals surface area contributed by atoms with Crippen LogP contribution < -0.4 is 10.1 Å². The van der Waals surface area contributed by atoms with E-state index in [1.807, 2.05) is 0 Å². The highest BCUT2D eigenvalue weighted by Crippen LogP contribution is 2.26. The molecule has 0 radical (unpaired) electrons. The molecular formula is C11H17N3O2. The fourth-order valence-electron chi connectivity index (χ4n) is 1.56. The second kappa shape index (κ2) is 4.35. The quantitative estimate of drug-likeness (QED) is 0.758. The number of methoxy groups -OCH3 is 1. The van der Waals surface area contributed by atoms with Crippen molar-refractivity contribution in [3.05, 3.63) is 18.1 Å². The average Bonchev–Trinajstić information content (AvgIpc) is 3.10. The van der Waals surface area contributed by atoms with Gasteiger partial charge in [-0.2, -0.15) is 0 Å². The predicted octanol–water partition coefficient (Wildman–Crippen LogP) is 0.445. The van der Waals surface area contributed by atoms with Gasteiger partial charge in [-0.3, -0.25) is 4.98 Å². The summed E-state index contributed by atoms with van der Waals surface area (Å²) in [7, 11) is 1.53. The van der Waals surface area contributed by atoms with E-state index >= 15 is 0 Å². The van der Waals surface area contributed by atoms with E-state index in [-0.39, 0.29) is 0 Å². The van der Waals surface area contributed by atoms with Crippen molar-refractivity contribution in [1.82, 2.24) is 15.3 Å². The molecule has 88 valence electrons. The molecule has 0 aliphatic heterocycles. The molecule has 1 fully saturated rings. The minimum atomic E-state index is -1.05. The highest BCUT2D eigenvalue weighted by Gasteiger charge is 2.32. The first-order valence-corrected chi connectivity index (χ1v) is 5.45. The van der Waals surface area contributed by atoms with Crippen LogP contribution in [0.2, 0.25) is 0 Å². The van der Waals surface area contributed by atoms with Gasteiger partial charge in [-0.15, -0.1) is 0 Å². The van der Waals surface area contributed by atoms with Gasteiger partial charge in [-0.1, -0.05) is 0 Å². The molecule has 1 aliphatic carbocycles. The molecule has 1 atom stereocenters. The summed E-state index contributed by atoms with van der Waals surface area (Å²) in [6, 6.07) is 0.550. The zero-order valence-electron chi connectivity index (χ0n) is 9.60. The van der Waals surface area contributed by atoms with E-state index in [0.717, 1.165) is 0 Å². The lowest BCUT2D eigenvalue weighted by Crippen LogP contribution is -2.37. The third-order valence-corrected chi connectivity index (χ3v) is 2.68. The van der Waals surface area contributed by atoms with Gasteiger partial charge in [0.25, 0.3) is 0 Å². The van der Waals surface area contributed by atoms with Crippen LogP contribution in [0.25, 0.3) is 0 Å². The molecule has 5 nitrogen and oxygen atoms in total.